The van der Waals surface area contributed by atoms with Gasteiger partial charge in [0.2, 0.25) is 5.91 Å². The Bertz CT molecular complexity index is 836. The predicted octanol–water partition coefficient (Wildman–Crippen LogP) is 0.566. The monoisotopic (exact) mass is 447 g/mol. The minimum Gasteiger partial charge on any atom is -0.486 e. The van der Waals surface area contributed by atoms with Crippen LogP contribution in [-0.2, 0) is 9.53 Å². The van der Waals surface area contributed by atoms with Gasteiger partial charge in [0.05, 0.1) is 13.2 Å². The summed E-state index contributed by atoms with van der Waals surface area (Å²) < 4.78 is 16.2. The van der Waals surface area contributed by atoms with Gasteiger partial charge in [-0.05, 0) is 12.1 Å². The first-order valence-electron chi connectivity index (χ1n) is 10.9. The second-order valence-corrected chi connectivity index (χ2v) is 7.82. The van der Waals surface area contributed by atoms with Gasteiger partial charge in [-0.15, -0.1) is 0 Å². The number of piperazine rings is 1. The average Bonchev–Trinajstić information content (AvgIpc) is 2.83. The van der Waals surface area contributed by atoms with Crippen LogP contribution in [0, 0.1) is 0 Å². The van der Waals surface area contributed by atoms with E-state index in [1.165, 1.54) is 0 Å². The molecule has 3 aliphatic rings. The van der Waals surface area contributed by atoms with Gasteiger partial charge in [-0.2, -0.15) is 0 Å². The molecule has 2 saturated heterocycles. The van der Waals surface area contributed by atoms with E-state index in [2.05, 4.69) is 15.5 Å². The van der Waals surface area contributed by atoms with Crippen LogP contribution in [0.25, 0.3) is 0 Å². The molecule has 0 saturated carbocycles. The summed E-state index contributed by atoms with van der Waals surface area (Å²) in [7, 11) is 0. The van der Waals surface area contributed by atoms with Gasteiger partial charge in [0.15, 0.2) is 11.5 Å². The van der Waals surface area contributed by atoms with Gasteiger partial charge in [0, 0.05) is 64.0 Å². The summed E-state index contributed by atoms with van der Waals surface area (Å²) in [5, 5.41) is 4.98. The molecule has 0 aliphatic carbocycles. The number of ether oxygens (including phenoxy) is 3. The quantitative estimate of drug-likeness (QED) is 0.694. The molecule has 1 aromatic rings. The predicted molar refractivity (Wildman–Crippen MR) is 115 cm³/mol. The summed E-state index contributed by atoms with van der Waals surface area (Å²) in [5.74, 6) is 0.837. The molecule has 0 radical (unpaired) electrons. The van der Waals surface area contributed by atoms with E-state index in [-0.39, 0.29) is 18.4 Å². The molecule has 0 aromatic heterocycles. The molecule has 4 rings (SSSR count). The smallest absolute Gasteiger partial charge is 0.325 e. The maximum Gasteiger partial charge on any atom is 0.325 e. The Hall–Kier alpha value is -3.05. The Kier molecular flexibility index (Phi) is 7.28. The Labute approximate surface area is 186 Å². The molecule has 0 bridgehead atoms. The maximum absolute atomic E-state index is 12.5. The zero-order valence-electron chi connectivity index (χ0n) is 18.0. The van der Waals surface area contributed by atoms with Crippen LogP contribution in [-0.4, -0.2) is 105 Å². The summed E-state index contributed by atoms with van der Waals surface area (Å²) >= 11 is 0. The lowest BCUT2D eigenvalue weighted by Crippen LogP contribution is -2.55. The zero-order chi connectivity index (χ0) is 22.3. The van der Waals surface area contributed by atoms with E-state index in [4.69, 9.17) is 14.2 Å². The summed E-state index contributed by atoms with van der Waals surface area (Å²) in [6, 6.07) is 4.54. The second kappa shape index (κ2) is 10.5. The standard InChI is InChI=1S/C21H29N5O6/c27-19(23-20(28)22-16-1-2-17-18(15-16)32-14-13-31-17)3-4-24-5-7-25(8-6-24)21(29)26-9-11-30-12-10-26/h1-2,15H,3-14H2,(H2,22,23,27,28). The lowest BCUT2D eigenvalue weighted by Gasteiger charge is -2.38. The SMILES string of the molecule is O=C(CCN1CCN(C(=O)N2CCOCC2)CC1)NC(=O)Nc1ccc2c(c1)OCCO2. The van der Waals surface area contributed by atoms with Crippen LogP contribution in [0.4, 0.5) is 15.3 Å². The van der Waals surface area contributed by atoms with Crippen LogP contribution >= 0.6 is 0 Å². The van der Waals surface area contributed by atoms with Crippen LogP contribution in [0.1, 0.15) is 6.42 Å². The number of carbonyl (C=O) groups excluding carboxylic acids is 3. The third-order valence-electron chi connectivity index (χ3n) is 5.63. The Balaban J connectivity index is 1.14. The van der Waals surface area contributed by atoms with Gasteiger partial charge in [-0.3, -0.25) is 15.0 Å². The van der Waals surface area contributed by atoms with Crippen molar-refractivity contribution in [2.24, 2.45) is 0 Å². The zero-order valence-corrected chi connectivity index (χ0v) is 18.0. The molecular weight excluding hydrogens is 418 g/mol. The maximum atomic E-state index is 12.5. The van der Waals surface area contributed by atoms with Crippen LogP contribution in [0.15, 0.2) is 18.2 Å². The molecular formula is C21H29N5O6. The number of amides is 5. The number of hydrogen-bond donors (Lipinski definition) is 2. The third kappa shape index (κ3) is 5.80. The lowest BCUT2D eigenvalue weighted by molar-refractivity contribution is -0.120. The molecule has 2 N–H and O–H groups in total. The molecule has 0 spiro atoms. The van der Waals surface area contributed by atoms with Crippen molar-refractivity contribution in [1.82, 2.24) is 20.0 Å². The first-order valence-corrected chi connectivity index (χ1v) is 10.9. The number of hydrogen-bond acceptors (Lipinski definition) is 7. The van der Waals surface area contributed by atoms with Crippen molar-refractivity contribution in [2.45, 2.75) is 6.42 Å². The molecule has 5 amide bonds. The van der Waals surface area contributed by atoms with Crippen molar-refractivity contribution >= 4 is 23.7 Å². The molecule has 3 heterocycles. The highest BCUT2D eigenvalue weighted by Crippen LogP contribution is 2.32. The highest BCUT2D eigenvalue weighted by Gasteiger charge is 2.26. The van der Waals surface area contributed by atoms with Crippen molar-refractivity contribution in [2.75, 3.05) is 77.6 Å². The van der Waals surface area contributed by atoms with Crippen LogP contribution in [0.2, 0.25) is 0 Å². The number of carbonyl (C=O) groups is 3. The summed E-state index contributed by atoms with van der Waals surface area (Å²) in [4.78, 5) is 42.6. The van der Waals surface area contributed by atoms with Crippen molar-refractivity contribution in [1.29, 1.82) is 0 Å². The minimum atomic E-state index is -0.590. The minimum absolute atomic E-state index is 0.0569. The van der Waals surface area contributed by atoms with Gasteiger partial charge in [-0.25, -0.2) is 9.59 Å². The van der Waals surface area contributed by atoms with E-state index in [1.54, 1.807) is 18.2 Å². The largest absolute Gasteiger partial charge is 0.486 e. The second-order valence-electron chi connectivity index (χ2n) is 7.82. The van der Waals surface area contributed by atoms with E-state index in [0.717, 1.165) is 0 Å². The Morgan fingerprint density at radius 1 is 0.844 bits per heavy atom. The van der Waals surface area contributed by atoms with E-state index < -0.39 is 6.03 Å². The molecule has 11 heteroatoms. The van der Waals surface area contributed by atoms with E-state index >= 15 is 0 Å². The molecule has 3 aliphatic heterocycles. The number of benzene rings is 1. The number of nitrogens with zero attached hydrogens (tertiary/aromatic N) is 3. The number of imide groups is 1. The van der Waals surface area contributed by atoms with Crippen LogP contribution in [0.5, 0.6) is 11.5 Å². The van der Waals surface area contributed by atoms with E-state index in [9.17, 15) is 14.4 Å². The van der Waals surface area contributed by atoms with E-state index in [1.807, 2.05) is 9.80 Å². The van der Waals surface area contributed by atoms with Gasteiger partial charge < -0.3 is 29.3 Å². The van der Waals surface area contributed by atoms with E-state index in [0.29, 0.717) is 89.4 Å². The number of anilines is 1. The number of fused-ring (bicyclic) bond motifs is 1. The summed E-state index contributed by atoms with van der Waals surface area (Å²) in [5.41, 5.74) is 0.514. The summed E-state index contributed by atoms with van der Waals surface area (Å²) in [6.45, 7) is 6.57. The number of nitrogens with one attached hydrogen (secondary N) is 2. The topological polar surface area (TPSA) is 113 Å². The molecule has 0 atom stereocenters. The van der Waals surface area contributed by atoms with Gasteiger partial charge in [0.1, 0.15) is 13.2 Å². The number of urea groups is 2. The summed E-state index contributed by atoms with van der Waals surface area (Å²) in [6.07, 6.45) is 0.200. The fraction of sp³-hybridized carbons (Fsp3) is 0.571. The van der Waals surface area contributed by atoms with Crippen molar-refractivity contribution in [3.05, 3.63) is 18.2 Å². The van der Waals surface area contributed by atoms with Gasteiger partial charge >= 0.3 is 12.1 Å². The lowest BCUT2D eigenvalue weighted by atomic mass is 10.2. The molecule has 1 aromatic carbocycles. The fourth-order valence-corrected chi connectivity index (χ4v) is 3.85. The highest BCUT2D eigenvalue weighted by molar-refractivity contribution is 6.01. The van der Waals surface area contributed by atoms with Crippen molar-refractivity contribution in [3.63, 3.8) is 0 Å². The van der Waals surface area contributed by atoms with Gasteiger partial charge in [-0.1, -0.05) is 0 Å². The Morgan fingerprint density at radius 2 is 1.53 bits per heavy atom. The molecule has 32 heavy (non-hydrogen) atoms. The fourth-order valence-electron chi connectivity index (χ4n) is 3.85. The first kappa shape index (κ1) is 22.2. The third-order valence-corrected chi connectivity index (χ3v) is 5.63. The number of morpholine rings is 1. The van der Waals surface area contributed by atoms with Crippen LogP contribution < -0.4 is 20.1 Å². The van der Waals surface area contributed by atoms with Gasteiger partial charge in [0.25, 0.3) is 0 Å². The highest BCUT2D eigenvalue weighted by atomic mass is 16.6. The van der Waals surface area contributed by atoms with Crippen LogP contribution in [0.3, 0.4) is 0 Å². The molecule has 0 unspecified atom stereocenters. The average molecular weight is 447 g/mol. The number of rotatable bonds is 4. The normalized spacial score (nSPS) is 18.8. The molecule has 174 valence electrons. The molecule has 11 nitrogen and oxygen atoms in total. The molecule has 2 fully saturated rings. The van der Waals surface area contributed by atoms with Crippen molar-refractivity contribution in [3.8, 4) is 11.5 Å². The first-order chi connectivity index (χ1) is 15.6. The van der Waals surface area contributed by atoms with Crippen molar-refractivity contribution < 1.29 is 28.6 Å². The Morgan fingerprint density at radius 3 is 2.28 bits per heavy atom.